The third-order valence-electron chi connectivity index (χ3n) is 4.44. The van der Waals surface area contributed by atoms with Crippen LogP contribution in [0.4, 0.5) is 0 Å². The Morgan fingerprint density at radius 2 is 1.55 bits per heavy atom. The molecule has 0 bridgehead atoms. The fourth-order valence-corrected chi connectivity index (χ4v) is 3.34. The van der Waals surface area contributed by atoms with Crippen molar-refractivity contribution in [1.82, 2.24) is 5.01 Å². The van der Waals surface area contributed by atoms with Gasteiger partial charge in [-0.15, -0.1) is 0 Å². The second-order valence-electron chi connectivity index (χ2n) is 5.71. The maximum Gasteiger partial charge on any atom is 0.0640 e. The molecule has 2 nitrogen and oxygen atoms in total. The molecule has 104 valence electrons. The zero-order chi connectivity index (χ0) is 13.8. The molecule has 1 aliphatic heterocycles. The number of hydrogen-bond donors (Lipinski definition) is 1. The van der Waals surface area contributed by atoms with E-state index in [0.29, 0.717) is 0 Å². The fraction of sp³-hybridized carbons (Fsp3) is 0.333. The van der Waals surface area contributed by atoms with Crippen molar-refractivity contribution in [3.05, 3.63) is 71.8 Å². The maximum atomic E-state index is 6.43. The van der Waals surface area contributed by atoms with Crippen molar-refractivity contribution >= 4 is 0 Å². The van der Waals surface area contributed by atoms with E-state index in [1.54, 1.807) is 0 Å². The first kappa shape index (κ1) is 13.3. The van der Waals surface area contributed by atoms with Crippen LogP contribution in [0.5, 0.6) is 0 Å². The van der Waals surface area contributed by atoms with Crippen LogP contribution in [-0.2, 0) is 12.0 Å². The van der Waals surface area contributed by atoms with Gasteiger partial charge in [-0.1, -0.05) is 60.7 Å². The molecule has 20 heavy (non-hydrogen) atoms. The quantitative estimate of drug-likeness (QED) is 0.862. The Labute approximate surface area is 121 Å². The second kappa shape index (κ2) is 5.78. The average Bonchev–Trinajstić information content (AvgIpc) is 2.52. The second-order valence-corrected chi connectivity index (χ2v) is 5.71. The van der Waals surface area contributed by atoms with Crippen LogP contribution in [-0.4, -0.2) is 11.6 Å². The molecular weight excluding hydrogens is 244 g/mol. The monoisotopic (exact) mass is 266 g/mol. The smallest absolute Gasteiger partial charge is 0.0640 e. The van der Waals surface area contributed by atoms with Crippen LogP contribution in [0, 0.1) is 0 Å². The fourth-order valence-electron chi connectivity index (χ4n) is 3.34. The van der Waals surface area contributed by atoms with Crippen molar-refractivity contribution < 1.29 is 0 Å². The molecule has 2 aromatic carbocycles. The third-order valence-corrected chi connectivity index (χ3v) is 4.44. The molecule has 2 heteroatoms. The molecule has 2 aromatic rings. The molecule has 0 aliphatic carbocycles. The van der Waals surface area contributed by atoms with Gasteiger partial charge in [0.25, 0.3) is 0 Å². The summed E-state index contributed by atoms with van der Waals surface area (Å²) in [6.07, 6.45) is 4.55. The van der Waals surface area contributed by atoms with E-state index in [2.05, 4.69) is 65.7 Å². The Balaban J connectivity index is 1.99. The Kier molecular flexibility index (Phi) is 3.86. The van der Waals surface area contributed by atoms with E-state index in [4.69, 9.17) is 5.84 Å². The van der Waals surface area contributed by atoms with Gasteiger partial charge in [-0.25, -0.2) is 5.01 Å². The molecule has 0 saturated carbocycles. The number of rotatable bonds is 3. The van der Waals surface area contributed by atoms with Crippen LogP contribution in [0.2, 0.25) is 0 Å². The molecule has 1 unspecified atom stereocenters. The van der Waals surface area contributed by atoms with Crippen LogP contribution in [0.15, 0.2) is 60.7 Å². The van der Waals surface area contributed by atoms with E-state index in [0.717, 1.165) is 19.4 Å². The lowest BCUT2D eigenvalue weighted by molar-refractivity contribution is 0.0425. The highest BCUT2D eigenvalue weighted by Crippen LogP contribution is 2.38. The van der Waals surface area contributed by atoms with Crippen LogP contribution in [0.3, 0.4) is 0 Å². The van der Waals surface area contributed by atoms with Gasteiger partial charge in [-0.3, -0.25) is 5.84 Å². The van der Waals surface area contributed by atoms with Gasteiger partial charge in [0.05, 0.1) is 5.54 Å². The van der Waals surface area contributed by atoms with Gasteiger partial charge in [-0.05, 0) is 36.8 Å². The summed E-state index contributed by atoms with van der Waals surface area (Å²) >= 11 is 0. The first-order chi connectivity index (χ1) is 9.81. The van der Waals surface area contributed by atoms with E-state index >= 15 is 0 Å². The normalized spacial score (nSPS) is 23.6. The zero-order valence-corrected chi connectivity index (χ0v) is 11.8. The Hall–Kier alpha value is -1.64. The summed E-state index contributed by atoms with van der Waals surface area (Å²) in [7, 11) is 0. The first-order valence-electron chi connectivity index (χ1n) is 7.43. The Morgan fingerprint density at radius 3 is 2.20 bits per heavy atom. The Morgan fingerprint density at radius 1 is 0.900 bits per heavy atom. The molecule has 1 saturated heterocycles. The predicted octanol–water partition coefficient (Wildman–Crippen LogP) is 3.48. The van der Waals surface area contributed by atoms with E-state index in [9.17, 15) is 0 Å². The summed E-state index contributed by atoms with van der Waals surface area (Å²) in [5.41, 5.74) is 2.64. The van der Waals surface area contributed by atoms with Crippen LogP contribution in [0.1, 0.15) is 30.4 Å². The average molecular weight is 266 g/mol. The van der Waals surface area contributed by atoms with Crippen LogP contribution >= 0.6 is 0 Å². The standard InChI is InChI=1S/C18H22N2/c19-20-14-8-7-13-18(20,17-11-5-2-6-12-17)15-16-9-3-1-4-10-16/h1-6,9-12H,7-8,13-15,19H2. The van der Waals surface area contributed by atoms with Gasteiger partial charge in [0.15, 0.2) is 0 Å². The summed E-state index contributed by atoms with van der Waals surface area (Å²) in [6.45, 7) is 0.974. The summed E-state index contributed by atoms with van der Waals surface area (Å²) in [4.78, 5) is 0. The predicted molar refractivity (Wildman–Crippen MR) is 83.0 cm³/mol. The van der Waals surface area contributed by atoms with Crippen LogP contribution in [0.25, 0.3) is 0 Å². The van der Waals surface area contributed by atoms with Crippen molar-refractivity contribution in [1.29, 1.82) is 0 Å². The van der Waals surface area contributed by atoms with Crippen molar-refractivity contribution in [2.45, 2.75) is 31.2 Å². The van der Waals surface area contributed by atoms with E-state index < -0.39 is 0 Å². The largest absolute Gasteiger partial charge is 0.268 e. The Bertz CT molecular complexity index is 538. The van der Waals surface area contributed by atoms with Crippen LogP contribution < -0.4 is 5.84 Å². The minimum Gasteiger partial charge on any atom is -0.268 e. The number of benzene rings is 2. The highest BCUT2D eigenvalue weighted by molar-refractivity contribution is 5.29. The molecule has 1 heterocycles. The zero-order valence-electron chi connectivity index (χ0n) is 11.8. The van der Waals surface area contributed by atoms with Gasteiger partial charge in [0.1, 0.15) is 0 Å². The molecule has 3 rings (SSSR count). The molecule has 2 N–H and O–H groups in total. The number of hydrogen-bond acceptors (Lipinski definition) is 2. The van der Waals surface area contributed by atoms with Gasteiger partial charge < -0.3 is 0 Å². The lowest BCUT2D eigenvalue weighted by Gasteiger charge is -2.45. The minimum absolute atomic E-state index is 0.0547. The highest BCUT2D eigenvalue weighted by Gasteiger charge is 2.38. The minimum atomic E-state index is -0.0547. The lowest BCUT2D eigenvalue weighted by atomic mass is 9.77. The highest BCUT2D eigenvalue weighted by atomic mass is 15.4. The number of nitrogens with two attached hydrogens (primary N) is 1. The molecule has 0 aromatic heterocycles. The first-order valence-corrected chi connectivity index (χ1v) is 7.43. The van der Waals surface area contributed by atoms with Crippen molar-refractivity contribution in [2.24, 2.45) is 5.84 Å². The number of hydrazine groups is 1. The van der Waals surface area contributed by atoms with Crippen molar-refractivity contribution in [2.75, 3.05) is 6.54 Å². The molecule has 0 amide bonds. The molecule has 0 radical (unpaired) electrons. The van der Waals surface area contributed by atoms with Gasteiger partial charge in [0.2, 0.25) is 0 Å². The number of piperidine rings is 1. The van der Waals surface area contributed by atoms with Gasteiger partial charge in [0, 0.05) is 6.54 Å². The van der Waals surface area contributed by atoms with E-state index in [1.165, 1.54) is 24.0 Å². The maximum absolute atomic E-state index is 6.43. The van der Waals surface area contributed by atoms with Gasteiger partial charge in [-0.2, -0.15) is 0 Å². The third kappa shape index (κ3) is 2.49. The molecule has 0 spiro atoms. The van der Waals surface area contributed by atoms with E-state index in [1.807, 2.05) is 0 Å². The van der Waals surface area contributed by atoms with Gasteiger partial charge >= 0.3 is 0 Å². The SMILES string of the molecule is NN1CCCCC1(Cc1ccccc1)c1ccccc1. The summed E-state index contributed by atoms with van der Waals surface area (Å²) in [6, 6.07) is 21.4. The molecule has 1 atom stereocenters. The topological polar surface area (TPSA) is 29.3 Å². The molecule has 1 aliphatic rings. The van der Waals surface area contributed by atoms with Crippen molar-refractivity contribution in [3.8, 4) is 0 Å². The van der Waals surface area contributed by atoms with Crippen molar-refractivity contribution in [3.63, 3.8) is 0 Å². The molecule has 1 fully saturated rings. The molecular formula is C18H22N2. The summed E-state index contributed by atoms with van der Waals surface area (Å²) in [5.74, 6) is 6.43. The summed E-state index contributed by atoms with van der Waals surface area (Å²) in [5, 5.41) is 2.07. The lowest BCUT2D eigenvalue weighted by Crippen LogP contribution is -2.54. The summed E-state index contributed by atoms with van der Waals surface area (Å²) < 4.78 is 0. The number of nitrogens with zero attached hydrogens (tertiary/aromatic N) is 1. The van der Waals surface area contributed by atoms with E-state index in [-0.39, 0.29) is 5.54 Å².